The van der Waals surface area contributed by atoms with E-state index in [1.54, 1.807) is 18.4 Å². The van der Waals surface area contributed by atoms with Crippen LogP contribution in [-0.2, 0) is 6.42 Å². The first-order valence-corrected chi connectivity index (χ1v) is 7.40. The molecule has 4 nitrogen and oxygen atoms in total. The molecule has 1 aromatic heterocycles. The summed E-state index contributed by atoms with van der Waals surface area (Å²) in [5, 5.41) is 1.09. The van der Waals surface area contributed by atoms with Crippen LogP contribution in [0.2, 0.25) is 0 Å². The number of aromatic nitrogens is 1. The third kappa shape index (κ3) is 3.17. The Labute approximate surface area is 124 Å². The van der Waals surface area contributed by atoms with Gasteiger partial charge in [-0.3, -0.25) is 11.3 Å². The van der Waals surface area contributed by atoms with Crippen LogP contribution < -0.4 is 16.0 Å². The molecule has 0 spiro atoms. The van der Waals surface area contributed by atoms with Gasteiger partial charge in [0.2, 0.25) is 0 Å². The normalized spacial score (nSPS) is 12.4. The van der Waals surface area contributed by atoms with E-state index < -0.39 is 0 Å². The number of methoxy groups -OCH3 is 1. The maximum atomic E-state index is 5.73. The van der Waals surface area contributed by atoms with Crippen molar-refractivity contribution in [1.82, 2.24) is 10.4 Å². The van der Waals surface area contributed by atoms with Crippen LogP contribution in [0.15, 0.2) is 18.2 Å². The minimum absolute atomic E-state index is 0.00417. The van der Waals surface area contributed by atoms with Crippen LogP contribution in [0.4, 0.5) is 0 Å². The molecule has 3 N–H and O–H groups in total. The first kappa shape index (κ1) is 15.0. The average molecular weight is 291 g/mol. The summed E-state index contributed by atoms with van der Waals surface area (Å²) in [6, 6.07) is 6.15. The monoisotopic (exact) mass is 291 g/mol. The first-order chi connectivity index (χ1) is 9.55. The molecule has 5 heteroatoms. The Kier molecular flexibility index (Phi) is 4.75. The Balaban J connectivity index is 2.28. The number of hydrogen-bond acceptors (Lipinski definition) is 5. The second-order valence-corrected chi connectivity index (χ2v) is 6.21. The van der Waals surface area contributed by atoms with Gasteiger partial charge in [-0.2, -0.15) is 0 Å². The Morgan fingerprint density at radius 1 is 1.35 bits per heavy atom. The Morgan fingerprint density at radius 3 is 2.65 bits per heavy atom. The van der Waals surface area contributed by atoms with Crippen LogP contribution in [0.3, 0.4) is 0 Å². The van der Waals surface area contributed by atoms with Gasteiger partial charge in [-0.25, -0.2) is 4.98 Å². The SMILES string of the molecule is COc1cc(C)ccc1C(Cc1nc(C)c(C)s1)NN. The third-order valence-corrected chi connectivity index (χ3v) is 4.51. The molecule has 0 aliphatic carbocycles. The lowest BCUT2D eigenvalue weighted by Crippen LogP contribution is -2.30. The smallest absolute Gasteiger partial charge is 0.123 e. The fourth-order valence-electron chi connectivity index (χ4n) is 2.17. The molecule has 108 valence electrons. The molecule has 1 unspecified atom stereocenters. The molecule has 0 aliphatic heterocycles. The molecule has 0 saturated heterocycles. The van der Waals surface area contributed by atoms with E-state index in [9.17, 15) is 0 Å². The average Bonchev–Trinajstić information content (AvgIpc) is 2.75. The zero-order valence-corrected chi connectivity index (χ0v) is 13.2. The zero-order valence-electron chi connectivity index (χ0n) is 12.4. The van der Waals surface area contributed by atoms with Crippen LogP contribution in [0, 0.1) is 20.8 Å². The topological polar surface area (TPSA) is 60.2 Å². The van der Waals surface area contributed by atoms with Crippen LogP contribution in [0.1, 0.15) is 32.7 Å². The number of nitrogens with one attached hydrogen (secondary N) is 1. The van der Waals surface area contributed by atoms with E-state index >= 15 is 0 Å². The summed E-state index contributed by atoms with van der Waals surface area (Å²) in [5.41, 5.74) is 6.20. The summed E-state index contributed by atoms with van der Waals surface area (Å²) in [6.45, 7) is 6.17. The molecule has 1 aromatic carbocycles. The summed E-state index contributed by atoms with van der Waals surface area (Å²) in [6.07, 6.45) is 0.759. The molecular formula is C15H21N3OS. The number of hydrazine groups is 1. The van der Waals surface area contributed by atoms with Crippen molar-refractivity contribution in [3.8, 4) is 5.75 Å². The van der Waals surface area contributed by atoms with Crippen LogP contribution >= 0.6 is 11.3 Å². The predicted molar refractivity (Wildman–Crippen MR) is 83.1 cm³/mol. The van der Waals surface area contributed by atoms with E-state index in [1.807, 2.05) is 19.9 Å². The highest BCUT2D eigenvalue weighted by Crippen LogP contribution is 2.29. The minimum Gasteiger partial charge on any atom is -0.496 e. The summed E-state index contributed by atoms with van der Waals surface area (Å²) in [5.74, 6) is 6.59. The predicted octanol–water partition coefficient (Wildman–Crippen LogP) is 2.82. The summed E-state index contributed by atoms with van der Waals surface area (Å²) < 4.78 is 5.46. The summed E-state index contributed by atoms with van der Waals surface area (Å²) in [7, 11) is 1.68. The number of thiazole rings is 1. The van der Waals surface area contributed by atoms with E-state index in [1.165, 1.54) is 10.4 Å². The molecule has 1 heterocycles. The van der Waals surface area contributed by atoms with Gasteiger partial charge in [-0.05, 0) is 32.4 Å². The molecule has 0 fully saturated rings. The third-order valence-electron chi connectivity index (χ3n) is 3.42. The Bertz CT molecular complexity index is 575. The van der Waals surface area contributed by atoms with Gasteiger partial charge in [0.1, 0.15) is 5.75 Å². The lowest BCUT2D eigenvalue weighted by atomic mass is 10.0. The van der Waals surface area contributed by atoms with Crippen molar-refractivity contribution in [2.24, 2.45) is 5.84 Å². The molecule has 2 rings (SSSR count). The quantitative estimate of drug-likeness (QED) is 0.657. The van der Waals surface area contributed by atoms with Gasteiger partial charge in [-0.1, -0.05) is 12.1 Å². The standard InChI is InChI=1S/C15H21N3OS/c1-9-5-6-12(14(7-9)19-4)13(18-16)8-15-17-10(2)11(3)20-15/h5-7,13,18H,8,16H2,1-4H3. The van der Waals surface area contributed by atoms with E-state index in [4.69, 9.17) is 10.6 Å². The maximum absolute atomic E-state index is 5.73. The number of hydrogen-bond donors (Lipinski definition) is 2. The second-order valence-electron chi connectivity index (χ2n) is 4.92. The number of rotatable bonds is 5. The van der Waals surface area contributed by atoms with Crippen LogP contribution in [0.5, 0.6) is 5.75 Å². The van der Waals surface area contributed by atoms with Crippen molar-refractivity contribution in [3.63, 3.8) is 0 Å². The maximum Gasteiger partial charge on any atom is 0.123 e. The molecule has 0 saturated carbocycles. The zero-order chi connectivity index (χ0) is 14.7. The van der Waals surface area contributed by atoms with Gasteiger partial charge in [0.05, 0.1) is 23.9 Å². The number of nitrogens with zero attached hydrogens (tertiary/aromatic N) is 1. The van der Waals surface area contributed by atoms with Gasteiger partial charge in [0.15, 0.2) is 0 Å². The highest BCUT2D eigenvalue weighted by atomic mass is 32.1. The minimum atomic E-state index is -0.00417. The summed E-state index contributed by atoms with van der Waals surface area (Å²) >= 11 is 1.72. The van der Waals surface area contributed by atoms with Crippen LogP contribution in [-0.4, -0.2) is 12.1 Å². The lowest BCUT2D eigenvalue weighted by Gasteiger charge is -2.18. The molecule has 0 aliphatic rings. The van der Waals surface area contributed by atoms with E-state index in [2.05, 4.69) is 29.5 Å². The molecule has 20 heavy (non-hydrogen) atoms. The van der Waals surface area contributed by atoms with Crippen molar-refractivity contribution in [2.75, 3.05) is 7.11 Å². The van der Waals surface area contributed by atoms with E-state index in [0.29, 0.717) is 0 Å². The van der Waals surface area contributed by atoms with Gasteiger partial charge < -0.3 is 4.74 Å². The van der Waals surface area contributed by atoms with Gasteiger partial charge >= 0.3 is 0 Å². The lowest BCUT2D eigenvalue weighted by molar-refractivity contribution is 0.398. The van der Waals surface area contributed by atoms with Gasteiger partial charge in [-0.15, -0.1) is 11.3 Å². The van der Waals surface area contributed by atoms with Crippen LogP contribution in [0.25, 0.3) is 0 Å². The van der Waals surface area contributed by atoms with Crippen molar-refractivity contribution >= 4 is 11.3 Å². The molecule has 1 atom stereocenters. The van der Waals surface area contributed by atoms with Crippen molar-refractivity contribution in [2.45, 2.75) is 33.2 Å². The highest BCUT2D eigenvalue weighted by molar-refractivity contribution is 7.11. The van der Waals surface area contributed by atoms with E-state index in [0.717, 1.165) is 28.4 Å². The van der Waals surface area contributed by atoms with Gasteiger partial charge in [0.25, 0.3) is 0 Å². The first-order valence-electron chi connectivity index (χ1n) is 6.58. The fraction of sp³-hybridized carbons (Fsp3) is 0.400. The number of nitrogens with two attached hydrogens (primary N) is 1. The Morgan fingerprint density at radius 2 is 2.10 bits per heavy atom. The van der Waals surface area contributed by atoms with Crippen molar-refractivity contribution < 1.29 is 4.74 Å². The molecule has 0 amide bonds. The fourth-order valence-corrected chi connectivity index (χ4v) is 3.15. The Hall–Kier alpha value is -1.43. The molecular weight excluding hydrogens is 270 g/mol. The molecule has 2 aromatic rings. The highest BCUT2D eigenvalue weighted by Gasteiger charge is 2.17. The molecule has 0 radical (unpaired) electrons. The van der Waals surface area contributed by atoms with E-state index in [-0.39, 0.29) is 6.04 Å². The number of aryl methyl sites for hydroxylation is 3. The van der Waals surface area contributed by atoms with Crippen molar-refractivity contribution in [3.05, 3.63) is 44.9 Å². The largest absolute Gasteiger partial charge is 0.496 e. The summed E-state index contributed by atoms with van der Waals surface area (Å²) in [4.78, 5) is 5.83. The number of ether oxygens (including phenoxy) is 1. The molecule has 0 bridgehead atoms. The van der Waals surface area contributed by atoms with Crippen molar-refractivity contribution in [1.29, 1.82) is 0 Å². The van der Waals surface area contributed by atoms with Gasteiger partial charge in [0, 0.05) is 16.9 Å². The number of benzene rings is 1. The second kappa shape index (κ2) is 6.35.